The minimum atomic E-state index is -0.351. The van der Waals surface area contributed by atoms with Crippen LogP contribution in [0.5, 0.6) is 0 Å². The molecule has 0 radical (unpaired) electrons. The minimum absolute atomic E-state index is 0. The SMILES string of the molecule is CC(C)(C)C(=O)CC#N.[NaH]. The number of hydrogen-bond donors (Lipinski definition) is 0. The van der Waals surface area contributed by atoms with Crippen LogP contribution in [-0.4, -0.2) is 35.3 Å². The second-order valence-corrected chi connectivity index (χ2v) is 3.01. The first kappa shape index (κ1) is 12.8. The van der Waals surface area contributed by atoms with Crippen LogP contribution in [0.25, 0.3) is 0 Å². The van der Waals surface area contributed by atoms with E-state index in [0.29, 0.717) is 0 Å². The summed E-state index contributed by atoms with van der Waals surface area (Å²) in [4.78, 5) is 10.8. The van der Waals surface area contributed by atoms with Crippen molar-refractivity contribution < 1.29 is 4.79 Å². The predicted molar refractivity (Wildman–Crippen MR) is 41.8 cm³/mol. The number of ketones is 1. The van der Waals surface area contributed by atoms with Gasteiger partial charge in [-0.25, -0.2) is 0 Å². The molecular formula is C7H12NNaO. The average Bonchev–Trinajstić information content (AvgIpc) is 1.64. The molecule has 0 aromatic carbocycles. The zero-order valence-electron chi connectivity index (χ0n) is 6.06. The quantitative estimate of drug-likeness (QED) is 0.519. The van der Waals surface area contributed by atoms with Crippen LogP contribution in [0.15, 0.2) is 0 Å². The molecule has 0 fully saturated rings. The summed E-state index contributed by atoms with van der Waals surface area (Å²) in [6.45, 7) is 5.44. The third-order valence-electron chi connectivity index (χ3n) is 1.08. The van der Waals surface area contributed by atoms with Gasteiger partial charge in [-0.05, 0) is 0 Å². The Hall–Kier alpha value is 0.160. The van der Waals surface area contributed by atoms with Gasteiger partial charge in [-0.3, -0.25) is 4.79 Å². The Bertz CT molecular complexity index is 152. The summed E-state index contributed by atoms with van der Waals surface area (Å²) in [6, 6.07) is 1.82. The molecule has 0 aliphatic carbocycles. The van der Waals surface area contributed by atoms with E-state index in [4.69, 9.17) is 5.26 Å². The van der Waals surface area contributed by atoms with Gasteiger partial charge >= 0.3 is 29.6 Å². The van der Waals surface area contributed by atoms with E-state index in [2.05, 4.69) is 0 Å². The van der Waals surface area contributed by atoms with Crippen molar-refractivity contribution in [3.63, 3.8) is 0 Å². The molecule has 0 aromatic heterocycles. The fourth-order valence-electron chi connectivity index (χ4n) is 0.337. The first-order valence-corrected chi connectivity index (χ1v) is 2.88. The van der Waals surface area contributed by atoms with Gasteiger partial charge in [-0.2, -0.15) is 5.26 Å². The molecule has 0 unspecified atom stereocenters. The Morgan fingerprint density at radius 3 is 2.00 bits per heavy atom. The summed E-state index contributed by atoms with van der Waals surface area (Å²) in [5, 5.41) is 8.13. The van der Waals surface area contributed by atoms with Crippen LogP contribution >= 0.6 is 0 Å². The first-order chi connectivity index (χ1) is 3.98. The standard InChI is InChI=1S/C7H11NO.Na.H/c1-7(2,3)6(9)4-5-8;;/h4H2,1-3H3;;. The normalized spacial score (nSPS) is 9.40. The van der Waals surface area contributed by atoms with Crippen molar-refractivity contribution in [3.05, 3.63) is 0 Å². The summed E-state index contributed by atoms with van der Waals surface area (Å²) in [7, 11) is 0. The van der Waals surface area contributed by atoms with E-state index in [-0.39, 0.29) is 47.2 Å². The van der Waals surface area contributed by atoms with Crippen LogP contribution in [-0.2, 0) is 4.79 Å². The molecule has 10 heavy (non-hydrogen) atoms. The first-order valence-electron chi connectivity index (χ1n) is 2.88. The number of nitrogens with zero attached hydrogens (tertiary/aromatic N) is 1. The van der Waals surface area contributed by atoms with Crippen LogP contribution in [0.3, 0.4) is 0 Å². The topological polar surface area (TPSA) is 40.9 Å². The zero-order valence-corrected chi connectivity index (χ0v) is 6.06. The average molecular weight is 149 g/mol. The Morgan fingerprint density at radius 2 is 1.90 bits per heavy atom. The van der Waals surface area contributed by atoms with E-state index >= 15 is 0 Å². The number of carbonyl (C=O) groups is 1. The molecular weight excluding hydrogens is 137 g/mol. The second kappa shape index (κ2) is 4.90. The molecule has 0 atom stereocenters. The van der Waals surface area contributed by atoms with E-state index in [0.717, 1.165) is 0 Å². The van der Waals surface area contributed by atoms with Crippen molar-refractivity contribution in [2.75, 3.05) is 0 Å². The third kappa shape index (κ3) is 4.99. The molecule has 52 valence electrons. The number of rotatable bonds is 1. The Morgan fingerprint density at radius 1 is 1.50 bits per heavy atom. The molecule has 0 rings (SSSR count). The third-order valence-corrected chi connectivity index (χ3v) is 1.08. The van der Waals surface area contributed by atoms with Crippen molar-refractivity contribution in [2.24, 2.45) is 5.41 Å². The molecule has 0 spiro atoms. The van der Waals surface area contributed by atoms with Gasteiger partial charge in [-0.1, -0.05) is 20.8 Å². The van der Waals surface area contributed by atoms with E-state index in [9.17, 15) is 4.79 Å². The van der Waals surface area contributed by atoms with Gasteiger partial charge in [0.05, 0.1) is 12.5 Å². The van der Waals surface area contributed by atoms with Crippen LogP contribution in [0, 0.1) is 16.7 Å². The van der Waals surface area contributed by atoms with Crippen LogP contribution in [0.2, 0.25) is 0 Å². The molecule has 0 saturated heterocycles. The van der Waals surface area contributed by atoms with Crippen molar-refractivity contribution in [1.29, 1.82) is 5.26 Å². The van der Waals surface area contributed by atoms with Gasteiger partial charge in [0, 0.05) is 5.41 Å². The van der Waals surface area contributed by atoms with Gasteiger partial charge in [0.2, 0.25) is 0 Å². The molecule has 0 aliphatic heterocycles. The van der Waals surface area contributed by atoms with Gasteiger partial charge < -0.3 is 0 Å². The second-order valence-electron chi connectivity index (χ2n) is 3.01. The van der Waals surface area contributed by atoms with Crippen molar-refractivity contribution >= 4 is 35.3 Å². The Labute approximate surface area is 83.9 Å². The molecule has 0 saturated carbocycles. The summed E-state index contributed by atoms with van der Waals surface area (Å²) in [5.74, 6) is 0.00463. The molecule has 0 heterocycles. The van der Waals surface area contributed by atoms with Gasteiger partial charge in [0.25, 0.3) is 0 Å². The van der Waals surface area contributed by atoms with Gasteiger partial charge in [-0.15, -0.1) is 0 Å². The molecule has 0 N–H and O–H groups in total. The van der Waals surface area contributed by atoms with Crippen molar-refractivity contribution in [2.45, 2.75) is 27.2 Å². The maximum atomic E-state index is 10.8. The molecule has 0 aliphatic rings. The number of nitriles is 1. The monoisotopic (exact) mass is 149 g/mol. The molecule has 0 aromatic rings. The molecule has 3 heteroatoms. The summed E-state index contributed by atoms with van der Waals surface area (Å²) >= 11 is 0. The summed E-state index contributed by atoms with van der Waals surface area (Å²) in [5.41, 5.74) is -0.351. The van der Waals surface area contributed by atoms with Crippen molar-refractivity contribution in [3.8, 4) is 6.07 Å². The Kier molecular flexibility index (Phi) is 6.27. The van der Waals surface area contributed by atoms with E-state index < -0.39 is 0 Å². The summed E-state index contributed by atoms with van der Waals surface area (Å²) < 4.78 is 0. The number of hydrogen-bond acceptors (Lipinski definition) is 2. The summed E-state index contributed by atoms with van der Waals surface area (Å²) in [6.07, 6.45) is 0.0312. The molecule has 2 nitrogen and oxygen atoms in total. The number of carbonyl (C=O) groups excluding carboxylic acids is 1. The van der Waals surface area contributed by atoms with Gasteiger partial charge in [0.1, 0.15) is 0 Å². The predicted octanol–water partition coefficient (Wildman–Crippen LogP) is 0.867. The molecule has 0 amide bonds. The van der Waals surface area contributed by atoms with E-state index in [1.165, 1.54) is 0 Å². The zero-order chi connectivity index (χ0) is 7.49. The number of Topliss-reactive ketones (excluding diaryl/α,β-unsaturated/α-hetero) is 1. The Balaban J connectivity index is 0. The van der Waals surface area contributed by atoms with Crippen LogP contribution in [0.1, 0.15) is 27.2 Å². The van der Waals surface area contributed by atoms with Gasteiger partial charge in [0.15, 0.2) is 5.78 Å². The van der Waals surface area contributed by atoms with E-state index in [1.807, 2.05) is 26.8 Å². The van der Waals surface area contributed by atoms with Crippen LogP contribution in [0.4, 0.5) is 0 Å². The van der Waals surface area contributed by atoms with Crippen LogP contribution < -0.4 is 0 Å². The molecule has 0 bridgehead atoms. The van der Waals surface area contributed by atoms with Crippen molar-refractivity contribution in [1.82, 2.24) is 0 Å². The fourth-order valence-corrected chi connectivity index (χ4v) is 0.337. The maximum absolute atomic E-state index is 10.8. The fraction of sp³-hybridized carbons (Fsp3) is 0.714. The van der Waals surface area contributed by atoms with E-state index in [1.54, 1.807) is 0 Å².